The van der Waals surface area contributed by atoms with Gasteiger partial charge in [-0.05, 0) is 42.8 Å². The van der Waals surface area contributed by atoms with E-state index in [2.05, 4.69) is 15.3 Å². The Balaban J connectivity index is 1.51. The Morgan fingerprint density at radius 2 is 1.82 bits per heavy atom. The number of amides is 2. The number of halogens is 3. The molecule has 34 heavy (non-hydrogen) atoms. The second-order valence-electron chi connectivity index (χ2n) is 8.20. The fourth-order valence-electron chi connectivity index (χ4n) is 4.06. The first kappa shape index (κ1) is 23.5. The van der Waals surface area contributed by atoms with Crippen molar-refractivity contribution < 1.29 is 22.8 Å². The number of carbonyl (C=O) groups is 2. The first-order valence-corrected chi connectivity index (χ1v) is 10.8. The lowest BCUT2D eigenvalue weighted by Gasteiger charge is -2.36. The zero-order valence-electron chi connectivity index (χ0n) is 18.8. The van der Waals surface area contributed by atoms with Crippen LogP contribution in [0.5, 0.6) is 0 Å². The fraction of sp³-hybridized carbons (Fsp3) is 0.333. The molecule has 1 fully saturated rings. The van der Waals surface area contributed by atoms with Gasteiger partial charge in [-0.25, -0.2) is 9.97 Å². The van der Waals surface area contributed by atoms with E-state index in [1.165, 1.54) is 13.0 Å². The summed E-state index contributed by atoms with van der Waals surface area (Å²) in [5, 5.41) is 3.39. The molecule has 0 radical (unpaired) electrons. The van der Waals surface area contributed by atoms with Gasteiger partial charge in [0, 0.05) is 56.9 Å². The number of rotatable bonds is 4. The van der Waals surface area contributed by atoms with Crippen LogP contribution in [0.15, 0.2) is 42.6 Å². The number of fused-ring (bicyclic) bond motifs is 1. The Labute approximate surface area is 194 Å². The molecule has 2 aromatic heterocycles. The molecule has 0 aliphatic carbocycles. The van der Waals surface area contributed by atoms with Gasteiger partial charge in [-0.2, -0.15) is 13.2 Å². The van der Waals surface area contributed by atoms with Crippen molar-refractivity contribution >= 4 is 28.5 Å². The lowest BCUT2D eigenvalue weighted by atomic mass is 10.1. The maximum absolute atomic E-state index is 13.9. The van der Waals surface area contributed by atoms with Gasteiger partial charge in [0.15, 0.2) is 5.65 Å². The summed E-state index contributed by atoms with van der Waals surface area (Å²) in [4.78, 5) is 36.0. The summed E-state index contributed by atoms with van der Waals surface area (Å²) in [6.45, 7) is 4.46. The molecule has 0 unspecified atom stereocenters. The SMILES string of the molecule is CC(=O)N1CCN(c2ccc(CNC(=O)c3cc4cccnc4nc3C)cc2C(F)(F)F)CC1. The number of nitrogens with zero attached hydrogens (tertiary/aromatic N) is 4. The van der Waals surface area contributed by atoms with E-state index in [4.69, 9.17) is 0 Å². The number of hydrogen-bond acceptors (Lipinski definition) is 5. The number of alkyl halides is 3. The van der Waals surface area contributed by atoms with Crippen LogP contribution in [0.25, 0.3) is 11.0 Å². The molecule has 0 bridgehead atoms. The Hall–Kier alpha value is -3.69. The zero-order valence-corrected chi connectivity index (χ0v) is 18.8. The molecule has 1 saturated heterocycles. The van der Waals surface area contributed by atoms with E-state index >= 15 is 0 Å². The molecule has 7 nitrogen and oxygen atoms in total. The lowest BCUT2D eigenvalue weighted by molar-refractivity contribution is -0.137. The molecule has 1 aromatic carbocycles. The van der Waals surface area contributed by atoms with Gasteiger partial charge in [-0.15, -0.1) is 0 Å². The lowest BCUT2D eigenvalue weighted by Crippen LogP contribution is -2.48. The summed E-state index contributed by atoms with van der Waals surface area (Å²) in [6, 6.07) is 9.28. The molecular formula is C24H24F3N5O2. The highest BCUT2D eigenvalue weighted by molar-refractivity contribution is 5.98. The van der Waals surface area contributed by atoms with Gasteiger partial charge in [0.25, 0.3) is 5.91 Å². The third-order valence-electron chi connectivity index (χ3n) is 5.91. The number of anilines is 1. The fourth-order valence-corrected chi connectivity index (χ4v) is 4.06. The average Bonchev–Trinajstić information content (AvgIpc) is 2.81. The Morgan fingerprint density at radius 3 is 2.50 bits per heavy atom. The van der Waals surface area contributed by atoms with Gasteiger partial charge in [0.2, 0.25) is 5.91 Å². The first-order chi connectivity index (χ1) is 16.1. The normalized spacial score (nSPS) is 14.4. The van der Waals surface area contributed by atoms with Gasteiger partial charge in [-0.1, -0.05) is 6.07 Å². The van der Waals surface area contributed by atoms with Crippen LogP contribution in [0.4, 0.5) is 18.9 Å². The average molecular weight is 471 g/mol. The maximum atomic E-state index is 13.9. The van der Waals surface area contributed by atoms with E-state index in [0.29, 0.717) is 54.0 Å². The summed E-state index contributed by atoms with van der Waals surface area (Å²) in [7, 11) is 0. The van der Waals surface area contributed by atoms with Crippen LogP contribution in [0.3, 0.4) is 0 Å². The molecule has 4 rings (SSSR count). The number of aryl methyl sites for hydroxylation is 1. The topological polar surface area (TPSA) is 78.4 Å². The van der Waals surface area contributed by atoms with E-state index in [1.807, 2.05) is 0 Å². The molecule has 1 aliphatic rings. The highest BCUT2D eigenvalue weighted by Gasteiger charge is 2.36. The molecule has 10 heteroatoms. The monoisotopic (exact) mass is 471 g/mol. The van der Waals surface area contributed by atoms with Crippen molar-refractivity contribution in [2.24, 2.45) is 0 Å². The Kier molecular flexibility index (Phi) is 6.41. The number of pyridine rings is 2. The molecule has 3 aromatic rings. The minimum Gasteiger partial charge on any atom is -0.367 e. The molecule has 0 atom stereocenters. The third-order valence-corrected chi connectivity index (χ3v) is 5.91. The molecule has 1 aliphatic heterocycles. The highest BCUT2D eigenvalue weighted by atomic mass is 19.4. The Morgan fingerprint density at radius 1 is 1.09 bits per heavy atom. The summed E-state index contributed by atoms with van der Waals surface area (Å²) in [5.74, 6) is -0.511. The molecule has 3 heterocycles. The predicted molar refractivity (Wildman–Crippen MR) is 121 cm³/mol. The van der Waals surface area contributed by atoms with Crippen molar-refractivity contribution in [3.05, 3.63) is 65.0 Å². The molecule has 0 spiro atoms. The van der Waals surface area contributed by atoms with Crippen LogP contribution in [0.1, 0.15) is 34.1 Å². The van der Waals surface area contributed by atoms with E-state index < -0.39 is 17.6 Å². The van der Waals surface area contributed by atoms with Crippen molar-refractivity contribution in [2.45, 2.75) is 26.6 Å². The number of nitrogens with one attached hydrogen (secondary N) is 1. The third kappa shape index (κ3) is 4.95. The van der Waals surface area contributed by atoms with Crippen molar-refractivity contribution in [3.63, 3.8) is 0 Å². The molecule has 0 saturated carbocycles. The van der Waals surface area contributed by atoms with Crippen LogP contribution in [-0.2, 0) is 17.5 Å². The zero-order chi connectivity index (χ0) is 24.5. The van der Waals surface area contributed by atoms with Crippen LogP contribution >= 0.6 is 0 Å². The van der Waals surface area contributed by atoms with Crippen LogP contribution in [0, 0.1) is 6.92 Å². The van der Waals surface area contributed by atoms with Crippen molar-refractivity contribution in [1.29, 1.82) is 0 Å². The predicted octanol–water partition coefficient (Wildman–Crippen LogP) is 3.56. The summed E-state index contributed by atoms with van der Waals surface area (Å²) < 4.78 is 41.6. The number of aromatic nitrogens is 2. The number of carbonyl (C=O) groups excluding carboxylic acids is 2. The number of piperazine rings is 1. The molecule has 178 valence electrons. The van der Waals surface area contributed by atoms with Gasteiger partial charge in [0.05, 0.1) is 16.8 Å². The first-order valence-electron chi connectivity index (χ1n) is 10.8. The van der Waals surface area contributed by atoms with E-state index in [9.17, 15) is 22.8 Å². The minimum absolute atomic E-state index is 0.0647. The standard InChI is InChI=1S/C24H24F3N5O2/c1-15-19(13-18-4-3-7-28-22(18)30-15)23(34)29-14-17-5-6-21(20(12-17)24(25,26)27)32-10-8-31(9-11-32)16(2)33/h3-7,12-13H,8-11,14H2,1-2H3,(H,29,34). The molecular weight excluding hydrogens is 447 g/mol. The van der Waals surface area contributed by atoms with Crippen molar-refractivity contribution in [2.75, 3.05) is 31.1 Å². The van der Waals surface area contributed by atoms with Gasteiger partial charge >= 0.3 is 6.18 Å². The van der Waals surface area contributed by atoms with Crippen LogP contribution in [-0.4, -0.2) is 52.9 Å². The summed E-state index contributed by atoms with van der Waals surface area (Å²) in [6.07, 6.45) is -2.95. The molecule has 1 N–H and O–H groups in total. The van der Waals surface area contributed by atoms with Gasteiger partial charge < -0.3 is 15.1 Å². The summed E-state index contributed by atoms with van der Waals surface area (Å²) in [5.41, 5.74) is 1.00. The van der Waals surface area contributed by atoms with Crippen LogP contribution < -0.4 is 10.2 Å². The smallest absolute Gasteiger partial charge is 0.367 e. The van der Waals surface area contributed by atoms with E-state index in [0.717, 1.165) is 6.07 Å². The van der Waals surface area contributed by atoms with Crippen molar-refractivity contribution in [3.8, 4) is 0 Å². The Bertz CT molecular complexity index is 1240. The van der Waals surface area contributed by atoms with E-state index in [-0.39, 0.29) is 18.1 Å². The number of hydrogen-bond donors (Lipinski definition) is 1. The molecule has 2 amide bonds. The van der Waals surface area contributed by atoms with Crippen molar-refractivity contribution in [1.82, 2.24) is 20.2 Å². The second-order valence-corrected chi connectivity index (χ2v) is 8.20. The summed E-state index contributed by atoms with van der Waals surface area (Å²) >= 11 is 0. The maximum Gasteiger partial charge on any atom is 0.418 e. The van der Waals surface area contributed by atoms with Crippen LogP contribution in [0.2, 0.25) is 0 Å². The van der Waals surface area contributed by atoms with E-state index in [1.54, 1.807) is 47.2 Å². The number of benzene rings is 1. The van der Waals surface area contributed by atoms with Gasteiger partial charge in [0.1, 0.15) is 0 Å². The largest absolute Gasteiger partial charge is 0.418 e. The minimum atomic E-state index is -4.56. The highest BCUT2D eigenvalue weighted by Crippen LogP contribution is 2.37. The quantitative estimate of drug-likeness (QED) is 0.630. The second kappa shape index (κ2) is 9.28. The van der Waals surface area contributed by atoms with Gasteiger partial charge in [-0.3, -0.25) is 9.59 Å².